The standard InChI is InChI=1S/C19H20Cl2N2O/c1-11-10-12(2)16(14(4)13(11)3)17(20)18(21)23-19(24)22-15-8-6-5-7-9-15/h5-10H,1-4H3,(H2,22,23,24)/b18-17-. The van der Waals surface area contributed by atoms with Gasteiger partial charge in [-0.3, -0.25) is 5.32 Å². The lowest BCUT2D eigenvalue weighted by Crippen LogP contribution is -2.26. The lowest BCUT2D eigenvalue weighted by molar-refractivity contribution is 0.255. The average Bonchev–Trinajstić information content (AvgIpc) is 2.53. The summed E-state index contributed by atoms with van der Waals surface area (Å²) in [5, 5.41) is 5.71. The number of hydrogen-bond donors (Lipinski definition) is 2. The number of anilines is 1. The van der Waals surface area contributed by atoms with Crippen molar-refractivity contribution >= 4 is 40.0 Å². The summed E-state index contributed by atoms with van der Waals surface area (Å²) in [6.45, 7) is 8.08. The van der Waals surface area contributed by atoms with Crippen LogP contribution in [0, 0.1) is 27.7 Å². The highest BCUT2D eigenvalue weighted by Crippen LogP contribution is 2.32. The fourth-order valence-corrected chi connectivity index (χ4v) is 3.09. The molecule has 2 amide bonds. The molecule has 0 atom stereocenters. The van der Waals surface area contributed by atoms with E-state index in [1.54, 1.807) is 12.1 Å². The van der Waals surface area contributed by atoms with Crippen molar-refractivity contribution in [1.82, 2.24) is 5.32 Å². The molecular formula is C19H20Cl2N2O. The first kappa shape index (κ1) is 18.4. The van der Waals surface area contributed by atoms with E-state index < -0.39 is 6.03 Å². The van der Waals surface area contributed by atoms with Gasteiger partial charge in [-0.05, 0) is 62.1 Å². The molecule has 2 rings (SSSR count). The van der Waals surface area contributed by atoms with Gasteiger partial charge in [-0.25, -0.2) is 4.79 Å². The Hall–Kier alpha value is -1.97. The second kappa shape index (κ2) is 7.73. The van der Waals surface area contributed by atoms with Gasteiger partial charge in [-0.15, -0.1) is 0 Å². The zero-order valence-electron chi connectivity index (χ0n) is 14.1. The molecule has 0 aliphatic carbocycles. The Balaban J connectivity index is 2.25. The molecule has 24 heavy (non-hydrogen) atoms. The maximum atomic E-state index is 12.1. The molecule has 3 nitrogen and oxygen atoms in total. The largest absolute Gasteiger partial charge is 0.324 e. The highest BCUT2D eigenvalue weighted by atomic mass is 35.5. The van der Waals surface area contributed by atoms with Crippen LogP contribution in [0.2, 0.25) is 0 Å². The van der Waals surface area contributed by atoms with Gasteiger partial charge in [0, 0.05) is 11.3 Å². The summed E-state index contributed by atoms with van der Waals surface area (Å²) in [4.78, 5) is 12.1. The van der Waals surface area contributed by atoms with E-state index in [0.717, 1.165) is 22.3 Å². The monoisotopic (exact) mass is 362 g/mol. The molecule has 0 aliphatic rings. The number of carbonyl (C=O) groups excluding carboxylic acids is 1. The van der Waals surface area contributed by atoms with E-state index in [1.165, 1.54) is 5.56 Å². The molecule has 126 valence electrons. The SMILES string of the molecule is Cc1cc(C)c(/C(Cl)=C(\Cl)NC(=O)Nc2ccccc2)c(C)c1C. The van der Waals surface area contributed by atoms with Gasteiger partial charge in [0.2, 0.25) is 0 Å². The number of amides is 2. The van der Waals surface area contributed by atoms with Gasteiger partial charge in [0.1, 0.15) is 5.16 Å². The Kier molecular flexibility index (Phi) is 5.92. The van der Waals surface area contributed by atoms with Gasteiger partial charge in [0.25, 0.3) is 0 Å². The summed E-state index contributed by atoms with van der Waals surface area (Å²) in [6, 6.07) is 10.7. The third kappa shape index (κ3) is 4.11. The number of urea groups is 1. The fourth-order valence-electron chi connectivity index (χ4n) is 2.57. The van der Waals surface area contributed by atoms with Crippen molar-refractivity contribution in [3.05, 3.63) is 69.4 Å². The number of nitrogens with one attached hydrogen (secondary N) is 2. The van der Waals surface area contributed by atoms with Gasteiger partial charge in [0.15, 0.2) is 0 Å². The summed E-state index contributed by atoms with van der Waals surface area (Å²) in [5.74, 6) is 0. The van der Waals surface area contributed by atoms with Gasteiger partial charge < -0.3 is 5.32 Å². The van der Waals surface area contributed by atoms with E-state index in [-0.39, 0.29) is 5.16 Å². The number of carbonyl (C=O) groups is 1. The predicted octanol–water partition coefficient (Wildman–Crippen LogP) is 5.85. The molecule has 2 aromatic rings. The number of para-hydroxylation sites is 1. The van der Waals surface area contributed by atoms with Gasteiger partial charge in [-0.2, -0.15) is 0 Å². The smallest absolute Gasteiger partial charge is 0.308 e. The third-order valence-electron chi connectivity index (χ3n) is 4.02. The fraction of sp³-hybridized carbons (Fsp3) is 0.211. The number of aryl methyl sites for hydroxylation is 2. The van der Waals surface area contributed by atoms with Crippen molar-refractivity contribution in [2.75, 3.05) is 5.32 Å². The summed E-state index contributed by atoms with van der Waals surface area (Å²) < 4.78 is 0. The molecule has 2 aromatic carbocycles. The number of rotatable bonds is 3. The van der Waals surface area contributed by atoms with Crippen LogP contribution in [0.25, 0.3) is 5.03 Å². The summed E-state index contributed by atoms with van der Waals surface area (Å²) >= 11 is 12.7. The summed E-state index contributed by atoms with van der Waals surface area (Å²) in [7, 11) is 0. The molecule has 2 N–H and O–H groups in total. The molecular weight excluding hydrogens is 343 g/mol. The van der Waals surface area contributed by atoms with Crippen LogP contribution >= 0.6 is 23.2 Å². The van der Waals surface area contributed by atoms with Gasteiger partial charge >= 0.3 is 6.03 Å². The Morgan fingerprint density at radius 3 is 2.17 bits per heavy atom. The molecule has 0 spiro atoms. The molecule has 0 bridgehead atoms. The second-order valence-electron chi connectivity index (χ2n) is 5.71. The van der Waals surface area contributed by atoms with Crippen LogP contribution in [-0.4, -0.2) is 6.03 Å². The summed E-state index contributed by atoms with van der Waals surface area (Å²) in [6.07, 6.45) is 0. The minimum atomic E-state index is -0.441. The normalized spacial score (nSPS) is 11.8. The number of hydrogen-bond acceptors (Lipinski definition) is 1. The molecule has 0 unspecified atom stereocenters. The van der Waals surface area contributed by atoms with Gasteiger partial charge in [-0.1, -0.05) is 47.5 Å². The first-order chi connectivity index (χ1) is 11.3. The number of halogens is 2. The molecule has 5 heteroatoms. The van der Waals surface area contributed by atoms with Crippen molar-refractivity contribution in [2.24, 2.45) is 0 Å². The minimum absolute atomic E-state index is 0.0968. The van der Waals surface area contributed by atoms with Crippen LogP contribution in [-0.2, 0) is 0 Å². The molecule has 0 radical (unpaired) electrons. The van der Waals surface area contributed by atoms with Crippen molar-refractivity contribution in [3.63, 3.8) is 0 Å². The maximum Gasteiger partial charge on any atom is 0.324 e. The van der Waals surface area contributed by atoms with E-state index in [0.29, 0.717) is 10.7 Å². The minimum Gasteiger partial charge on any atom is -0.308 e. The van der Waals surface area contributed by atoms with Crippen LogP contribution in [0.1, 0.15) is 27.8 Å². The average molecular weight is 363 g/mol. The quantitative estimate of drug-likeness (QED) is 0.661. The van der Waals surface area contributed by atoms with Crippen LogP contribution < -0.4 is 10.6 Å². The summed E-state index contributed by atoms with van der Waals surface area (Å²) in [5.41, 5.74) is 5.96. The van der Waals surface area contributed by atoms with Gasteiger partial charge in [0.05, 0.1) is 5.03 Å². The topological polar surface area (TPSA) is 41.1 Å². The zero-order valence-corrected chi connectivity index (χ0v) is 15.6. The highest BCUT2D eigenvalue weighted by Gasteiger charge is 2.15. The lowest BCUT2D eigenvalue weighted by Gasteiger charge is -2.16. The zero-order chi connectivity index (χ0) is 17.9. The van der Waals surface area contributed by atoms with Crippen molar-refractivity contribution in [3.8, 4) is 0 Å². The third-order valence-corrected chi connectivity index (χ3v) is 4.78. The molecule has 0 aliphatic heterocycles. The van der Waals surface area contributed by atoms with E-state index in [2.05, 4.69) is 23.6 Å². The molecule has 0 heterocycles. The van der Waals surface area contributed by atoms with Crippen molar-refractivity contribution in [2.45, 2.75) is 27.7 Å². The molecule has 0 saturated heterocycles. The van der Waals surface area contributed by atoms with E-state index in [4.69, 9.17) is 23.2 Å². The first-order valence-corrected chi connectivity index (χ1v) is 8.33. The van der Waals surface area contributed by atoms with E-state index in [9.17, 15) is 4.79 Å². The molecule has 0 fully saturated rings. The van der Waals surface area contributed by atoms with Crippen LogP contribution in [0.5, 0.6) is 0 Å². The maximum absolute atomic E-state index is 12.1. The predicted molar refractivity (Wildman–Crippen MR) is 103 cm³/mol. The Morgan fingerprint density at radius 2 is 1.54 bits per heavy atom. The van der Waals surface area contributed by atoms with Crippen LogP contribution in [0.3, 0.4) is 0 Å². The van der Waals surface area contributed by atoms with Crippen LogP contribution in [0.4, 0.5) is 10.5 Å². The molecule has 0 saturated carbocycles. The first-order valence-electron chi connectivity index (χ1n) is 7.57. The lowest BCUT2D eigenvalue weighted by atomic mass is 9.94. The Labute approximate surface area is 152 Å². The Bertz CT molecular complexity index is 799. The van der Waals surface area contributed by atoms with E-state index >= 15 is 0 Å². The van der Waals surface area contributed by atoms with Crippen molar-refractivity contribution < 1.29 is 4.79 Å². The van der Waals surface area contributed by atoms with Crippen LogP contribution in [0.15, 0.2) is 41.6 Å². The molecule has 0 aromatic heterocycles. The van der Waals surface area contributed by atoms with Crippen molar-refractivity contribution in [1.29, 1.82) is 0 Å². The van der Waals surface area contributed by atoms with E-state index in [1.807, 2.05) is 39.0 Å². The Morgan fingerprint density at radius 1 is 0.917 bits per heavy atom. The second-order valence-corrected chi connectivity index (χ2v) is 6.46. The highest BCUT2D eigenvalue weighted by molar-refractivity contribution is 6.55. The number of benzene rings is 2.